The van der Waals surface area contributed by atoms with Gasteiger partial charge in [0.15, 0.2) is 0 Å². The molecule has 1 saturated heterocycles. The molecule has 23 heavy (non-hydrogen) atoms. The molecule has 2 aromatic rings. The van der Waals surface area contributed by atoms with Crippen LogP contribution in [0.3, 0.4) is 0 Å². The Bertz CT molecular complexity index is 708. The summed E-state index contributed by atoms with van der Waals surface area (Å²) in [7, 11) is 0. The third-order valence-electron chi connectivity index (χ3n) is 4.57. The lowest BCUT2D eigenvalue weighted by Crippen LogP contribution is -2.53. The quantitative estimate of drug-likeness (QED) is 0.919. The Morgan fingerprint density at radius 2 is 2.04 bits per heavy atom. The maximum absolute atomic E-state index is 13.1. The zero-order valence-electron chi connectivity index (χ0n) is 13.9. The number of amides is 1. The van der Waals surface area contributed by atoms with Gasteiger partial charge in [0.05, 0.1) is 10.7 Å². The van der Waals surface area contributed by atoms with Gasteiger partial charge >= 0.3 is 0 Å². The van der Waals surface area contributed by atoms with Crippen LogP contribution in [0.25, 0.3) is 11.3 Å². The van der Waals surface area contributed by atoms with Crippen LogP contribution in [0.15, 0.2) is 30.3 Å². The van der Waals surface area contributed by atoms with E-state index in [9.17, 15) is 4.79 Å². The average Bonchev–Trinajstić information content (AvgIpc) is 2.92. The monoisotopic (exact) mass is 329 g/mol. The number of carbonyl (C=O) groups excluding carboxylic acids is 1. The third kappa shape index (κ3) is 3.16. The second kappa shape index (κ2) is 6.06. The number of piperidine rings is 1. The summed E-state index contributed by atoms with van der Waals surface area (Å²) in [6, 6.07) is 10.1. The smallest absolute Gasteiger partial charge is 0.266 e. The molecule has 0 aliphatic carbocycles. The van der Waals surface area contributed by atoms with E-state index in [1.165, 1.54) is 11.3 Å². The zero-order chi connectivity index (χ0) is 16.6. The minimum atomic E-state index is -0.0550. The first-order valence-corrected chi connectivity index (χ1v) is 8.78. The van der Waals surface area contributed by atoms with Crippen LogP contribution in [0.2, 0.25) is 0 Å². The second-order valence-electron chi connectivity index (χ2n) is 6.89. The molecule has 4 nitrogen and oxygen atoms in total. The minimum Gasteiger partial charge on any atom is -0.337 e. The highest BCUT2D eigenvalue weighted by molar-refractivity contribution is 7.14. The number of rotatable bonds is 2. The summed E-state index contributed by atoms with van der Waals surface area (Å²) in [5, 5.41) is 0.917. The Morgan fingerprint density at radius 3 is 2.70 bits per heavy atom. The summed E-state index contributed by atoms with van der Waals surface area (Å²) >= 11 is 1.48. The lowest BCUT2D eigenvalue weighted by Gasteiger charge is -2.42. The molecule has 1 aliphatic heterocycles. The molecule has 1 amide bonds. The van der Waals surface area contributed by atoms with Crippen molar-refractivity contribution in [2.75, 3.05) is 13.1 Å². The molecule has 0 radical (unpaired) electrons. The molecule has 1 unspecified atom stereocenters. The van der Waals surface area contributed by atoms with Gasteiger partial charge < -0.3 is 10.6 Å². The van der Waals surface area contributed by atoms with Crippen LogP contribution in [0.4, 0.5) is 0 Å². The Balaban J connectivity index is 1.92. The molecular formula is C18H23N3OS. The van der Waals surface area contributed by atoms with Crippen molar-refractivity contribution in [3.63, 3.8) is 0 Å². The highest BCUT2D eigenvalue weighted by Crippen LogP contribution is 2.33. The van der Waals surface area contributed by atoms with Crippen molar-refractivity contribution in [3.05, 3.63) is 40.2 Å². The van der Waals surface area contributed by atoms with Gasteiger partial charge in [-0.3, -0.25) is 4.79 Å². The highest BCUT2D eigenvalue weighted by atomic mass is 32.1. The van der Waals surface area contributed by atoms with Crippen molar-refractivity contribution in [1.29, 1.82) is 0 Å². The summed E-state index contributed by atoms with van der Waals surface area (Å²) in [6.45, 7) is 7.62. The van der Waals surface area contributed by atoms with E-state index in [0.717, 1.165) is 27.6 Å². The molecule has 122 valence electrons. The van der Waals surface area contributed by atoms with Crippen molar-refractivity contribution in [3.8, 4) is 11.3 Å². The number of thiazole rings is 1. The van der Waals surface area contributed by atoms with Gasteiger partial charge in [-0.05, 0) is 18.8 Å². The number of hydrogen-bond acceptors (Lipinski definition) is 4. The second-order valence-corrected chi connectivity index (χ2v) is 8.09. The molecule has 1 aromatic heterocycles. The number of hydrogen-bond donors (Lipinski definition) is 1. The van der Waals surface area contributed by atoms with E-state index in [2.05, 4.69) is 18.8 Å². The van der Waals surface area contributed by atoms with Crippen LogP contribution in [0.1, 0.15) is 34.9 Å². The first-order chi connectivity index (χ1) is 10.9. The molecule has 1 fully saturated rings. The van der Waals surface area contributed by atoms with Gasteiger partial charge in [-0.25, -0.2) is 4.98 Å². The van der Waals surface area contributed by atoms with E-state index in [4.69, 9.17) is 5.73 Å². The van der Waals surface area contributed by atoms with Crippen LogP contribution in [-0.2, 0) is 0 Å². The van der Waals surface area contributed by atoms with Gasteiger partial charge in [0.2, 0.25) is 0 Å². The van der Waals surface area contributed by atoms with Crippen molar-refractivity contribution < 1.29 is 4.79 Å². The van der Waals surface area contributed by atoms with Crippen LogP contribution in [0.5, 0.6) is 0 Å². The van der Waals surface area contributed by atoms with Crippen LogP contribution < -0.4 is 5.73 Å². The molecule has 0 spiro atoms. The maximum Gasteiger partial charge on any atom is 0.266 e. The molecule has 5 heteroatoms. The van der Waals surface area contributed by atoms with Gasteiger partial charge in [0, 0.05) is 24.7 Å². The van der Waals surface area contributed by atoms with Crippen molar-refractivity contribution in [2.45, 2.75) is 33.2 Å². The number of aryl methyl sites for hydroxylation is 1. The molecule has 1 atom stereocenters. The number of nitrogens with zero attached hydrogens (tertiary/aromatic N) is 2. The van der Waals surface area contributed by atoms with Gasteiger partial charge in [-0.15, -0.1) is 11.3 Å². The lowest BCUT2D eigenvalue weighted by molar-refractivity contribution is 0.0538. The summed E-state index contributed by atoms with van der Waals surface area (Å²) in [6.07, 6.45) is 0.844. The molecule has 3 rings (SSSR count). The van der Waals surface area contributed by atoms with Gasteiger partial charge in [0.25, 0.3) is 5.91 Å². The Kier molecular flexibility index (Phi) is 4.25. The van der Waals surface area contributed by atoms with Crippen molar-refractivity contribution in [2.24, 2.45) is 11.1 Å². The Hall–Kier alpha value is -1.72. The zero-order valence-corrected chi connectivity index (χ0v) is 14.7. The normalized spacial score (nSPS) is 20.5. The molecule has 1 aromatic carbocycles. The molecule has 0 bridgehead atoms. The molecule has 0 saturated carbocycles. The molecule has 2 N–H and O–H groups in total. The van der Waals surface area contributed by atoms with Gasteiger partial charge in [0.1, 0.15) is 4.88 Å². The topological polar surface area (TPSA) is 59.2 Å². The first kappa shape index (κ1) is 16.1. The number of aromatic nitrogens is 1. The SMILES string of the molecule is Cc1nc(-c2ccccc2)c(C(=O)N2CCC(N)C(C)(C)C2)s1. The lowest BCUT2D eigenvalue weighted by atomic mass is 9.79. The summed E-state index contributed by atoms with van der Waals surface area (Å²) in [5.41, 5.74) is 7.93. The van der Waals surface area contributed by atoms with E-state index in [1.54, 1.807) is 0 Å². The van der Waals surface area contributed by atoms with E-state index < -0.39 is 0 Å². The standard InChI is InChI=1S/C18H23N3OS/c1-12-20-15(13-7-5-4-6-8-13)16(23-12)17(22)21-10-9-14(19)18(2,3)11-21/h4-8,14H,9-11,19H2,1-3H3. The number of carbonyl (C=O) groups is 1. The van der Waals surface area contributed by atoms with Crippen LogP contribution >= 0.6 is 11.3 Å². The average molecular weight is 329 g/mol. The van der Waals surface area contributed by atoms with E-state index in [-0.39, 0.29) is 17.4 Å². The largest absolute Gasteiger partial charge is 0.337 e. The predicted molar refractivity (Wildman–Crippen MR) is 94.6 cm³/mol. The van der Waals surface area contributed by atoms with Gasteiger partial charge in [-0.2, -0.15) is 0 Å². The Labute approximate surface area is 141 Å². The Morgan fingerprint density at radius 1 is 1.35 bits per heavy atom. The fraction of sp³-hybridized carbons (Fsp3) is 0.444. The van der Waals surface area contributed by atoms with E-state index in [1.807, 2.05) is 42.2 Å². The summed E-state index contributed by atoms with van der Waals surface area (Å²) < 4.78 is 0. The third-order valence-corrected chi connectivity index (χ3v) is 5.53. The molecule has 2 heterocycles. The number of likely N-dealkylation sites (tertiary alicyclic amines) is 1. The minimum absolute atomic E-state index is 0.0550. The number of benzene rings is 1. The van der Waals surface area contributed by atoms with Crippen LogP contribution in [-0.4, -0.2) is 34.9 Å². The summed E-state index contributed by atoms with van der Waals surface area (Å²) in [4.78, 5) is 20.3. The summed E-state index contributed by atoms with van der Waals surface area (Å²) in [5.74, 6) is 0.0782. The van der Waals surface area contributed by atoms with Crippen LogP contribution in [0, 0.1) is 12.3 Å². The number of nitrogens with two attached hydrogens (primary N) is 1. The van der Waals surface area contributed by atoms with Crippen molar-refractivity contribution in [1.82, 2.24) is 9.88 Å². The van der Waals surface area contributed by atoms with E-state index >= 15 is 0 Å². The van der Waals surface area contributed by atoms with E-state index in [0.29, 0.717) is 13.1 Å². The van der Waals surface area contributed by atoms with Gasteiger partial charge in [-0.1, -0.05) is 44.2 Å². The maximum atomic E-state index is 13.1. The predicted octanol–water partition coefficient (Wildman–Crippen LogP) is 3.32. The fourth-order valence-corrected chi connectivity index (χ4v) is 3.96. The fourth-order valence-electron chi connectivity index (χ4n) is 3.05. The highest BCUT2D eigenvalue weighted by Gasteiger charge is 2.36. The van der Waals surface area contributed by atoms with Crippen molar-refractivity contribution >= 4 is 17.2 Å². The first-order valence-electron chi connectivity index (χ1n) is 7.96. The molecular weight excluding hydrogens is 306 g/mol. The molecule has 1 aliphatic rings.